The number of nitrogens with zero attached hydrogens (tertiary/aromatic N) is 6. The first-order valence-corrected chi connectivity index (χ1v) is 24.3. The molecule has 348 valence electrons. The van der Waals surface area contributed by atoms with Gasteiger partial charge in [-0.25, -0.2) is 4.98 Å². The lowest BCUT2D eigenvalue weighted by atomic mass is 9.86. The van der Waals surface area contributed by atoms with Crippen molar-refractivity contribution in [2.75, 3.05) is 16.5 Å². The molecule has 8 aromatic carbocycles. The minimum absolute atomic E-state index is 0.0943. The number of fused-ring (bicyclic) bond motifs is 10. The zero-order valence-corrected chi connectivity index (χ0v) is 40.6. The van der Waals surface area contributed by atoms with E-state index in [9.17, 15) is 0 Å². The molecule has 1 aliphatic rings. The van der Waals surface area contributed by atoms with Gasteiger partial charge in [-0.1, -0.05) is 126 Å². The number of hydrogen-bond donors (Lipinski definition) is 0. The summed E-state index contributed by atoms with van der Waals surface area (Å²) in [7, 11) is 0. The maximum absolute atomic E-state index is 9.06. The summed E-state index contributed by atoms with van der Waals surface area (Å²) in [5, 5.41) is 5.16. The fraction of sp³-hybridized carbons (Fsp3) is 0.172. The van der Waals surface area contributed by atoms with Crippen LogP contribution in [0, 0.1) is 0 Å². The van der Waals surface area contributed by atoms with Gasteiger partial charge in [-0.2, -0.15) is 0 Å². The van der Waals surface area contributed by atoms with E-state index in [1.807, 2.05) is 91.1 Å². The van der Waals surface area contributed by atoms with E-state index in [4.69, 9.17) is 17.9 Å². The molecule has 7 nitrogen and oxygen atoms in total. The number of hydrogen-bond acceptors (Lipinski definition) is 4. The molecule has 0 radical (unpaired) electrons. The largest absolute Gasteiger partial charge is 0.457 e. The van der Waals surface area contributed by atoms with Crippen molar-refractivity contribution in [3.8, 4) is 28.4 Å². The Bertz CT molecular complexity index is 4250. The molecule has 5 heterocycles. The van der Waals surface area contributed by atoms with Gasteiger partial charge in [0.05, 0.1) is 39.1 Å². The first-order valence-electron chi connectivity index (χ1n) is 27.3. The van der Waals surface area contributed by atoms with Crippen LogP contribution in [0.25, 0.3) is 82.4 Å². The Morgan fingerprint density at radius 1 is 0.465 bits per heavy atom. The lowest BCUT2D eigenvalue weighted by molar-refractivity contribution is 0.479. The Hall–Kier alpha value is -8.29. The van der Waals surface area contributed by atoms with Crippen LogP contribution in [0.5, 0.6) is 11.5 Å². The first kappa shape index (κ1) is 36.7. The van der Waals surface area contributed by atoms with Gasteiger partial charge < -0.3 is 23.7 Å². The monoisotopic (exact) mass is 930 g/mol. The van der Waals surface area contributed by atoms with E-state index in [1.165, 1.54) is 14.7 Å². The minimum Gasteiger partial charge on any atom is -0.457 e. The third-order valence-corrected chi connectivity index (χ3v) is 14.6. The van der Waals surface area contributed by atoms with Crippen LogP contribution in [0.15, 0.2) is 182 Å². The average molecular weight is 931 g/mol. The van der Waals surface area contributed by atoms with Crippen LogP contribution >= 0.6 is 0 Å². The lowest BCUT2D eigenvalue weighted by Gasteiger charge is -2.27. The third-order valence-electron chi connectivity index (χ3n) is 14.6. The third kappa shape index (κ3) is 6.74. The number of aromatic nitrogens is 4. The van der Waals surface area contributed by atoms with E-state index < -0.39 is 14.0 Å². The predicted molar refractivity (Wildman–Crippen MR) is 298 cm³/mol. The molecule has 0 saturated heterocycles. The van der Waals surface area contributed by atoms with E-state index in [2.05, 4.69) is 147 Å². The molecule has 1 aliphatic heterocycles. The minimum atomic E-state index is -2.62. The summed E-state index contributed by atoms with van der Waals surface area (Å²) in [5.74, 6) is 2.11. The standard InChI is InChI=1S/C64H56N6O/c1-63(2,3)42-30-31-65-59(35-42)70-55-29-26-41(40-18-10-9-11-19-40)32-50(55)49-28-27-45(37-58(49)70)71-46-34-43(64(4,5)6)33-44(36-46)68-39-69(57-25-17-16-24-56(57)68)62-60-51(47-20-12-14-22-53(47)66(60)7)38-52-48-21-13-15-23-54(48)67(8)61(52)62/h9-38H,39H2,1-8H3/i7D3,8D3. The second kappa shape index (κ2) is 15.6. The molecule has 12 aromatic rings. The second-order valence-electron chi connectivity index (χ2n) is 21.0. The molecule has 0 fully saturated rings. The summed E-state index contributed by atoms with van der Waals surface area (Å²) in [6.45, 7) is 8.19. The molecule has 0 amide bonds. The van der Waals surface area contributed by atoms with E-state index in [-0.39, 0.29) is 17.5 Å². The summed E-state index contributed by atoms with van der Waals surface area (Å²) in [6, 6.07) is 59.1. The SMILES string of the molecule is [2H]C([2H])([2H])n1c2ccccc2c2cc3c4ccccc4n(C([2H])([2H])[2H])c3c(N3CN(c4cc(Oc5ccc6c7cc(-c8ccccc8)ccc7n(-c7cc(C(C)(C)C)ccn7)c6c5)cc(C(C)(C)C)c4)c4ccccc43)c21. The van der Waals surface area contributed by atoms with Crippen LogP contribution in [-0.2, 0) is 24.8 Å². The molecule has 0 saturated carbocycles. The van der Waals surface area contributed by atoms with Crippen molar-refractivity contribution in [1.29, 1.82) is 0 Å². The van der Waals surface area contributed by atoms with E-state index in [1.54, 1.807) is 0 Å². The number of ether oxygens (including phenoxy) is 1. The average Bonchev–Trinajstić information content (AvgIpc) is 3.93. The number of para-hydroxylation sites is 4. The molecule has 13 rings (SSSR count). The molecular weight excluding hydrogens is 869 g/mol. The van der Waals surface area contributed by atoms with E-state index in [0.29, 0.717) is 39.3 Å². The smallest absolute Gasteiger partial charge is 0.137 e. The summed E-state index contributed by atoms with van der Waals surface area (Å²) in [4.78, 5) is 9.29. The van der Waals surface area contributed by atoms with Gasteiger partial charge >= 0.3 is 0 Å². The van der Waals surface area contributed by atoms with Crippen LogP contribution in [0.2, 0.25) is 0 Å². The first-order chi connectivity index (χ1) is 36.7. The van der Waals surface area contributed by atoms with Crippen LogP contribution in [-0.4, -0.2) is 25.4 Å². The quantitative estimate of drug-likeness (QED) is 0.167. The zero-order valence-electron chi connectivity index (χ0n) is 46.6. The van der Waals surface area contributed by atoms with Gasteiger partial charge in [0.25, 0.3) is 0 Å². The molecule has 0 N–H and O–H groups in total. The van der Waals surface area contributed by atoms with Crippen LogP contribution in [0.3, 0.4) is 0 Å². The van der Waals surface area contributed by atoms with E-state index in [0.717, 1.165) is 82.9 Å². The molecule has 7 heteroatoms. The van der Waals surface area contributed by atoms with Crippen molar-refractivity contribution in [3.05, 3.63) is 193 Å². The summed E-state index contributed by atoms with van der Waals surface area (Å²) in [5.41, 5.74) is 11.1. The number of pyridine rings is 1. The highest BCUT2D eigenvalue weighted by molar-refractivity contribution is 6.25. The molecule has 4 aromatic heterocycles. The van der Waals surface area contributed by atoms with Gasteiger partial charge in [0.1, 0.15) is 24.0 Å². The Morgan fingerprint density at radius 3 is 1.77 bits per heavy atom. The highest BCUT2D eigenvalue weighted by Gasteiger charge is 2.34. The van der Waals surface area contributed by atoms with Crippen molar-refractivity contribution < 1.29 is 13.0 Å². The fourth-order valence-corrected chi connectivity index (χ4v) is 10.9. The van der Waals surface area contributed by atoms with Crippen LogP contribution in [0.1, 0.15) is 60.9 Å². The summed E-state index contributed by atoms with van der Waals surface area (Å²) in [6.07, 6.45) is 1.90. The van der Waals surface area contributed by atoms with Crippen molar-refractivity contribution in [2.24, 2.45) is 14.0 Å². The van der Waals surface area contributed by atoms with Crippen molar-refractivity contribution in [2.45, 2.75) is 52.4 Å². The Morgan fingerprint density at radius 2 is 1.10 bits per heavy atom. The van der Waals surface area contributed by atoms with Gasteiger partial charge in [-0.3, -0.25) is 4.57 Å². The number of aryl methyl sites for hydroxylation is 2. The Kier molecular flexibility index (Phi) is 8.06. The van der Waals surface area contributed by atoms with Crippen molar-refractivity contribution >= 4 is 88.2 Å². The molecule has 0 unspecified atom stereocenters. The lowest BCUT2D eigenvalue weighted by Crippen LogP contribution is -2.25. The van der Waals surface area contributed by atoms with Gasteiger partial charge in [0, 0.05) is 89.5 Å². The van der Waals surface area contributed by atoms with Crippen molar-refractivity contribution in [1.82, 2.24) is 18.7 Å². The molecular formula is C64H56N6O. The highest BCUT2D eigenvalue weighted by Crippen LogP contribution is 2.52. The van der Waals surface area contributed by atoms with Gasteiger partial charge in [0.2, 0.25) is 0 Å². The topological polar surface area (TPSA) is 43.4 Å². The summed E-state index contributed by atoms with van der Waals surface area (Å²) >= 11 is 0. The second-order valence-corrected chi connectivity index (χ2v) is 21.0. The van der Waals surface area contributed by atoms with Crippen LogP contribution in [0.4, 0.5) is 22.7 Å². The summed E-state index contributed by atoms with van der Waals surface area (Å²) < 4.78 is 66.5. The molecule has 71 heavy (non-hydrogen) atoms. The molecule has 0 spiro atoms. The van der Waals surface area contributed by atoms with E-state index >= 15 is 0 Å². The maximum atomic E-state index is 9.06. The Labute approximate surface area is 422 Å². The molecule has 0 bridgehead atoms. The molecule has 0 aliphatic carbocycles. The normalized spacial score (nSPS) is 14.8. The number of benzene rings is 8. The van der Waals surface area contributed by atoms with Gasteiger partial charge in [-0.05, 0) is 112 Å². The van der Waals surface area contributed by atoms with Crippen molar-refractivity contribution in [3.63, 3.8) is 0 Å². The van der Waals surface area contributed by atoms with Gasteiger partial charge in [-0.15, -0.1) is 0 Å². The highest BCUT2D eigenvalue weighted by atomic mass is 16.5. The number of anilines is 4. The van der Waals surface area contributed by atoms with Gasteiger partial charge in [0.15, 0.2) is 0 Å². The fourth-order valence-electron chi connectivity index (χ4n) is 10.9. The predicted octanol–water partition coefficient (Wildman–Crippen LogP) is 16.8. The Balaban J connectivity index is 0.991. The van der Waals surface area contributed by atoms with Crippen LogP contribution < -0.4 is 14.5 Å². The zero-order chi connectivity index (χ0) is 53.5. The number of rotatable bonds is 6. The maximum Gasteiger partial charge on any atom is 0.137 e. The molecule has 0 atom stereocenters.